The summed E-state index contributed by atoms with van der Waals surface area (Å²) in [6.45, 7) is 5.12. The van der Waals surface area contributed by atoms with Crippen LogP contribution in [0.2, 0.25) is 0 Å². The number of carbonyl (C=O) groups excluding carboxylic acids is 1. The summed E-state index contributed by atoms with van der Waals surface area (Å²) in [4.78, 5) is 32.0. The van der Waals surface area contributed by atoms with Crippen LogP contribution < -0.4 is 11.1 Å². The molecule has 1 atom stereocenters. The predicted molar refractivity (Wildman–Crippen MR) is 107 cm³/mol. The number of aliphatic carboxylic acids is 1. The van der Waals surface area contributed by atoms with Crippen molar-refractivity contribution in [2.75, 3.05) is 13.1 Å². The number of amidine groups is 1. The first-order valence-corrected chi connectivity index (χ1v) is 9.47. The normalized spacial score (nSPS) is 16.6. The van der Waals surface area contributed by atoms with E-state index in [1.165, 1.54) is 0 Å². The fourth-order valence-electron chi connectivity index (χ4n) is 2.66. The number of hydrogen-bond donors (Lipinski definition) is 3. The fourth-order valence-corrected chi connectivity index (χ4v) is 2.66. The van der Waals surface area contributed by atoms with Crippen molar-refractivity contribution < 1.29 is 19.5 Å². The molecule has 28 heavy (non-hydrogen) atoms. The molecule has 0 bridgehead atoms. The Morgan fingerprint density at radius 3 is 2.71 bits per heavy atom. The van der Waals surface area contributed by atoms with Crippen LogP contribution >= 0.6 is 0 Å². The van der Waals surface area contributed by atoms with Crippen LogP contribution in [-0.2, 0) is 14.4 Å². The van der Waals surface area contributed by atoms with Gasteiger partial charge >= 0.3 is 5.97 Å². The van der Waals surface area contributed by atoms with Crippen molar-refractivity contribution in [1.82, 2.24) is 5.32 Å². The molecule has 1 aliphatic heterocycles. The number of benzene rings is 1. The highest BCUT2D eigenvalue weighted by molar-refractivity contribution is 6.03. The van der Waals surface area contributed by atoms with Gasteiger partial charge < -0.3 is 21.0 Å². The molecule has 0 saturated carbocycles. The molecule has 152 valence electrons. The van der Waals surface area contributed by atoms with Gasteiger partial charge in [-0.15, -0.1) is 0 Å². The quantitative estimate of drug-likeness (QED) is 0.417. The molecular formula is C20H28N4O4. The van der Waals surface area contributed by atoms with Gasteiger partial charge in [-0.3, -0.25) is 14.6 Å². The Kier molecular flexibility index (Phi) is 7.98. The number of aliphatic imine (C=N–C) groups is 1. The summed E-state index contributed by atoms with van der Waals surface area (Å²) >= 11 is 0. The molecule has 0 saturated heterocycles. The number of carbonyl (C=O) groups is 2. The first kappa shape index (κ1) is 21.4. The largest absolute Gasteiger partial charge is 0.481 e. The summed E-state index contributed by atoms with van der Waals surface area (Å²) < 4.78 is 0. The van der Waals surface area contributed by atoms with Gasteiger partial charge in [-0.05, 0) is 17.9 Å². The van der Waals surface area contributed by atoms with Gasteiger partial charge in [0.05, 0.1) is 18.6 Å². The van der Waals surface area contributed by atoms with Crippen molar-refractivity contribution in [2.24, 2.45) is 21.8 Å². The number of rotatable bonds is 10. The smallest absolute Gasteiger partial charge is 0.305 e. The first-order valence-electron chi connectivity index (χ1n) is 9.47. The molecule has 1 aromatic rings. The fraction of sp³-hybridized carbons (Fsp3) is 0.500. The van der Waals surface area contributed by atoms with Crippen LogP contribution in [-0.4, -0.2) is 47.7 Å². The van der Waals surface area contributed by atoms with Crippen LogP contribution in [0, 0.1) is 5.92 Å². The summed E-state index contributed by atoms with van der Waals surface area (Å²) in [6.07, 6.45) is 1.21. The number of nitrogens with two attached hydrogens (primary N) is 1. The van der Waals surface area contributed by atoms with Gasteiger partial charge in [0, 0.05) is 25.1 Å². The van der Waals surface area contributed by atoms with Crippen molar-refractivity contribution in [3.8, 4) is 0 Å². The van der Waals surface area contributed by atoms with Crippen molar-refractivity contribution in [3.63, 3.8) is 0 Å². The number of nitrogens with zero attached hydrogens (tertiary/aromatic N) is 2. The highest BCUT2D eigenvalue weighted by Crippen LogP contribution is 2.19. The van der Waals surface area contributed by atoms with Gasteiger partial charge in [0.1, 0.15) is 11.9 Å². The number of hydrogen-bond acceptors (Lipinski definition) is 5. The highest BCUT2D eigenvalue weighted by atomic mass is 16.6. The third-order valence-electron chi connectivity index (χ3n) is 4.31. The Labute approximate surface area is 164 Å². The number of amides is 1. The summed E-state index contributed by atoms with van der Waals surface area (Å²) in [5, 5.41) is 15.2. The van der Waals surface area contributed by atoms with Crippen LogP contribution in [0.25, 0.3) is 0 Å². The monoisotopic (exact) mass is 388 g/mol. The van der Waals surface area contributed by atoms with E-state index in [0.717, 1.165) is 23.3 Å². The van der Waals surface area contributed by atoms with E-state index in [1.54, 1.807) is 0 Å². The molecule has 1 amide bonds. The lowest BCUT2D eigenvalue weighted by Gasteiger charge is -2.08. The molecule has 0 aromatic heterocycles. The molecule has 1 aliphatic rings. The number of nitrogens with one attached hydrogen (secondary N) is 1. The van der Waals surface area contributed by atoms with Gasteiger partial charge in [0.2, 0.25) is 5.91 Å². The zero-order valence-corrected chi connectivity index (χ0v) is 16.4. The standard InChI is InChI=1S/C20H28N4O4/c1-13(2)7-9-23-20(21)15-5-3-14(4-6-15)17-11-16(28-24-17)12-18(25)22-10-8-19(26)27/h3-6,13,16H,7-12H2,1-2H3,(H2,21,23)(H,22,25)(H,26,27)/t16-/m0/s1. The molecule has 0 unspecified atom stereocenters. The highest BCUT2D eigenvalue weighted by Gasteiger charge is 2.24. The Hall–Kier alpha value is -2.90. The van der Waals surface area contributed by atoms with Crippen LogP contribution in [0.5, 0.6) is 0 Å². The van der Waals surface area contributed by atoms with Crippen LogP contribution in [0.3, 0.4) is 0 Å². The van der Waals surface area contributed by atoms with Gasteiger partial charge in [0.15, 0.2) is 0 Å². The molecule has 0 aliphatic carbocycles. The van der Waals surface area contributed by atoms with E-state index in [0.29, 0.717) is 24.7 Å². The second-order valence-corrected chi connectivity index (χ2v) is 7.19. The molecule has 0 fully saturated rings. The van der Waals surface area contributed by atoms with Crippen LogP contribution in [0.4, 0.5) is 0 Å². The molecule has 0 radical (unpaired) electrons. The minimum Gasteiger partial charge on any atom is -0.481 e. The van der Waals surface area contributed by atoms with Gasteiger partial charge in [-0.2, -0.15) is 0 Å². The maximum atomic E-state index is 11.8. The molecule has 1 heterocycles. The number of carboxylic acid groups (broad SMARTS) is 1. The Balaban J connectivity index is 1.83. The van der Waals surface area contributed by atoms with Gasteiger partial charge in [0.25, 0.3) is 0 Å². The summed E-state index contributed by atoms with van der Waals surface area (Å²) in [7, 11) is 0. The maximum Gasteiger partial charge on any atom is 0.305 e. The molecular weight excluding hydrogens is 360 g/mol. The second kappa shape index (κ2) is 10.4. The van der Waals surface area contributed by atoms with Crippen LogP contribution in [0.1, 0.15) is 50.7 Å². The van der Waals surface area contributed by atoms with E-state index in [-0.39, 0.29) is 31.4 Å². The van der Waals surface area contributed by atoms with Crippen molar-refractivity contribution in [3.05, 3.63) is 35.4 Å². The summed E-state index contributed by atoms with van der Waals surface area (Å²) in [6, 6.07) is 7.63. The van der Waals surface area contributed by atoms with E-state index in [2.05, 4.69) is 29.3 Å². The van der Waals surface area contributed by atoms with E-state index < -0.39 is 5.97 Å². The summed E-state index contributed by atoms with van der Waals surface area (Å²) in [5.74, 6) is -0.0836. The van der Waals surface area contributed by atoms with Gasteiger partial charge in [-0.1, -0.05) is 43.3 Å². The predicted octanol–water partition coefficient (Wildman–Crippen LogP) is 1.91. The number of oxime groups is 1. The Bertz CT molecular complexity index is 741. The van der Waals surface area contributed by atoms with Crippen molar-refractivity contribution in [1.29, 1.82) is 0 Å². The van der Waals surface area contributed by atoms with Crippen molar-refractivity contribution in [2.45, 2.75) is 45.6 Å². The first-order chi connectivity index (χ1) is 13.3. The average molecular weight is 388 g/mol. The minimum absolute atomic E-state index is 0.102. The van der Waals surface area contributed by atoms with E-state index >= 15 is 0 Å². The lowest BCUT2D eigenvalue weighted by atomic mass is 10.0. The van der Waals surface area contributed by atoms with Gasteiger partial charge in [-0.25, -0.2) is 0 Å². The Morgan fingerprint density at radius 2 is 2.07 bits per heavy atom. The SMILES string of the molecule is CC(C)CCN=C(N)c1ccc(C2=NO[C@H](CC(=O)NCCC(=O)O)C2)cc1. The molecule has 8 nitrogen and oxygen atoms in total. The molecule has 4 N–H and O–H groups in total. The maximum absolute atomic E-state index is 11.8. The zero-order chi connectivity index (χ0) is 20.5. The Morgan fingerprint density at radius 1 is 1.36 bits per heavy atom. The third-order valence-corrected chi connectivity index (χ3v) is 4.31. The third kappa shape index (κ3) is 7.02. The van der Waals surface area contributed by atoms with E-state index in [9.17, 15) is 9.59 Å². The second-order valence-electron chi connectivity index (χ2n) is 7.19. The van der Waals surface area contributed by atoms with Crippen LogP contribution in [0.15, 0.2) is 34.4 Å². The molecule has 2 rings (SSSR count). The summed E-state index contributed by atoms with van der Waals surface area (Å²) in [5.41, 5.74) is 8.57. The molecule has 1 aromatic carbocycles. The zero-order valence-electron chi connectivity index (χ0n) is 16.4. The van der Waals surface area contributed by atoms with E-state index in [4.69, 9.17) is 15.7 Å². The minimum atomic E-state index is -0.947. The van der Waals surface area contributed by atoms with E-state index in [1.807, 2.05) is 24.3 Å². The molecule has 8 heteroatoms. The lowest BCUT2D eigenvalue weighted by molar-refractivity contribution is -0.136. The average Bonchev–Trinajstić information content (AvgIpc) is 3.09. The molecule has 0 spiro atoms. The topological polar surface area (TPSA) is 126 Å². The lowest BCUT2D eigenvalue weighted by Crippen LogP contribution is -2.29. The number of carboxylic acids is 1. The van der Waals surface area contributed by atoms with Crippen molar-refractivity contribution >= 4 is 23.4 Å².